The number of hydrogen-bond acceptors (Lipinski definition) is 2. The second-order valence-corrected chi connectivity index (χ2v) is 18.0. The largest absolute Gasteiger partial charge is 0.341 e. The Balaban J connectivity index is 0.879. The van der Waals surface area contributed by atoms with Gasteiger partial charge in [-0.25, -0.2) is 0 Å². The summed E-state index contributed by atoms with van der Waals surface area (Å²) in [5.41, 5.74) is 20.1. The lowest BCUT2D eigenvalue weighted by molar-refractivity contribution is 0.756. The number of fused-ring (bicyclic) bond motifs is 9. The third-order valence-electron chi connectivity index (χ3n) is 14.4. The maximum Gasteiger partial charge on any atom is 0.0714 e. The molecule has 0 amide bonds. The summed E-state index contributed by atoms with van der Waals surface area (Å²) in [7, 11) is 0. The van der Waals surface area contributed by atoms with Crippen LogP contribution in [0.4, 0.5) is 28.4 Å². The average molecular weight is 831 g/mol. The molecule has 0 fully saturated rings. The van der Waals surface area contributed by atoms with E-state index in [9.17, 15) is 0 Å². The fourth-order valence-corrected chi connectivity index (χ4v) is 11.5. The van der Waals surface area contributed by atoms with Crippen molar-refractivity contribution in [3.05, 3.63) is 268 Å². The highest BCUT2D eigenvalue weighted by atomic mass is 15.2. The topological polar surface area (TPSA) is 6.48 Å². The van der Waals surface area contributed by atoms with Crippen molar-refractivity contribution >= 4 is 62.1 Å². The van der Waals surface area contributed by atoms with Gasteiger partial charge in [-0.2, -0.15) is 0 Å². The van der Waals surface area contributed by atoms with E-state index in [1.165, 1.54) is 111 Å². The first kappa shape index (κ1) is 37.6. The van der Waals surface area contributed by atoms with Gasteiger partial charge in [0, 0.05) is 41.4 Å². The lowest BCUT2D eigenvalue weighted by Gasteiger charge is -2.36. The van der Waals surface area contributed by atoms with Gasteiger partial charge in [0.05, 0.1) is 5.41 Å². The minimum atomic E-state index is -0.493. The summed E-state index contributed by atoms with van der Waals surface area (Å²) in [5, 5.41) is 5.02. The van der Waals surface area contributed by atoms with Crippen molar-refractivity contribution < 1.29 is 0 Å². The van der Waals surface area contributed by atoms with E-state index in [4.69, 9.17) is 0 Å². The minimum absolute atomic E-state index is 0.493. The predicted molar refractivity (Wildman–Crippen MR) is 273 cm³/mol. The Morgan fingerprint density at radius 2 is 0.923 bits per heavy atom. The van der Waals surface area contributed by atoms with Gasteiger partial charge in [0.1, 0.15) is 0 Å². The Kier molecular flexibility index (Phi) is 8.74. The molecule has 10 aromatic carbocycles. The van der Waals surface area contributed by atoms with E-state index in [2.05, 4.69) is 240 Å². The van der Waals surface area contributed by atoms with Crippen molar-refractivity contribution in [2.24, 2.45) is 0 Å². The number of hydrogen-bond donors (Lipinski definition) is 0. The Bertz CT molecular complexity index is 3420. The summed E-state index contributed by atoms with van der Waals surface area (Å²) in [6.45, 7) is 1.01. The molecule has 10 aromatic rings. The van der Waals surface area contributed by atoms with Gasteiger partial charge in [-0.05, 0) is 150 Å². The summed E-state index contributed by atoms with van der Waals surface area (Å²) in [6.07, 6.45) is 7.80. The molecule has 0 saturated heterocycles. The zero-order chi connectivity index (χ0) is 42.9. The Morgan fingerprint density at radius 1 is 0.400 bits per heavy atom. The van der Waals surface area contributed by atoms with Crippen molar-refractivity contribution in [1.82, 2.24) is 0 Å². The van der Waals surface area contributed by atoms with E-state index in [1.54, 1.807) is 0 Å². The van der Waals surface area contributed by atoms with Crippen LogP contribution < -0.4 is 9.80 Å². The average Bonchev–Trinajstić information content (AvgIpc) is 3.67. The van der Waals surface area contributed by atoms with Gasteiger partial charge in [0.2, 0.25) is 0 Å². The molecular formula is C63H46N2. The van der Waals surface area contributed by atoms with E-state index in [-0.39, 0.29) is 0 Å². The third kappa shape index (κ3) is 6.01. The predicted octanol–water partition coefficient (Wildman–Crippen LogP) is 16.0. The molecule has 3 aliphatic rings. The second-order valence-electron chi connectivity index (χ2n) is 18.0. The molecule has 0 saturated carbocycles. The van der Waals surface area contributed by atoms with Crippen molar-refractivity contribution in [3.63, 3.8) is 0 Å². The number of anilines is 5. The molecule has 0 atom stereocenters. The van der Waals surface area contributed by atoms with Crippen LogP contribution in [-0.4, -0.2) is 6.54 Å². The van der Waals surface area contributed by atoms with E-state index in [1.807, 2.05) is 0 Å². The number of para-hydroxylation sites is 3. The minimum Gasteiger partial charge on any atom is -0.341 e. The summed E-state index contributed by atoms with van der Waals surface area (Å²) in [5.74, 6) is 0. The highest BCUT2D eigenvalue weighted by Gasteiger charge is 2.46. The Labute approximate surface area is 381 Å². The first-order valence-electron chi connectivity index (χ1n) is 23.1. The number of benzene rings is 10. The molecule has 1 aliphatic carbocycles. The molecule has 2 aliphatic heterocycles. The van der Waals surface area contributed by atoms with Crippen LogP contribution in [0.2, 0.25) is 0 Å². The van der Waals surface area contributed by atoms with Crippen LogP contribution in [-0.2, 0) is 18.3 Å². The van der Waals surface area contributed by atoms with Crippen LogP contribution in [0.25, 0.3) is 44.8 Å². The third-order valence-corrected chi connectivity index (χ3v) is 14.4. The van der Waals surface area contributed by atoms with Crippen LogP contribution in [0, 0.1) is 0 Å². The van der Waals surface area contributed by atoms with Gasteiger partial charge >= 0.3 is 0 Å². The molecule has 2 heteroatoms. The van der Waals surface area contributed by atoms with E-state index >= 15 is 0 Å². The van der Waals surface area contributed by atoms with Crippen molar-refractivity contribution in [3.8, 4) is 11.1 Å². The zero-order valence-corrected chi connectivity index (χ0v) is 36.2. The van der Waals surface area contributed by atoms with Crippen LogP contribution >= 0.6 is 0 Å². The maximum atomic E-state index is 2.54. The van der Waals surface area contributed by atoms with Crippen LogP contribution in [0.1, 0.15) is 56.5 Å². The van der Waals surface area contributed by atoms with E-state index < -0.39 is 5.41 Å². The molecule has 65 heavy (non-hydrogen) atoms. The van der Waals surface area contributed by atoms with Gasteiger partial charge in [-0.1, -0.05) is 176 Å². The molecule has 0 N–H and O–H groups in total. The highest BCUT2D eigenvalue weighted by molar-refractivity contribution is 6.09. The lowest BCUT2D eigenvalue weighted by Crippen LogP contribution is -2.29. The monoisotopic (exact) mass is 830 g/mol. The van der Waals surface area contributed by atoms with Crippen molar-refractivity contribution in [1.29, 1.82) is 0 Å². The Morgan fingerprint density at radius 3 is 1.62 bits per heavy atom. The molecule has 0 radical (unpaired) electrons. The van der Waals surface area contributed by atoms with Crippen molar-refractivity contribution in [2.45, 2.75) is 24.7 Å². The summed E-state index contributed by atoms with van der Waals surface area (Å²) < 4.78 is 0. The number of aryl methyl sites for hydroxylation is 1. The second kappa shape index (κ2) is 15.1. The summed E-state index contributed by atoms with van der Waals surface area (Å²) >= 11 is 0. The molecule has 0 aromatic heterocycles. The lowest BCUT2D eigenvalue weighted by atomic mass is 9.67. The normalized spacial score (nSPS) is 14.5. The van der Waals surface area contributed by atoms with Crippen LogP contribution in [0.5, 0.6) is 0 Å². The standard InChI is InChI=1S/C63H46N2/c1-3-18-50(19-4-1)63(51-20-5-2-6-21-51)58-39-44(28-34-56(58)57-36-31-52(42-59(57)63)64-37-13-17-45-14-7-10-22-60(45)64)26-25-43-27-33-54-46(38-43)29-30-47-41-53(32-35-55(47)54)65-61-23-11-8-15-48(61)40-49-16-9-12-24-62(49)65/h1-12,14-16,18-36,38-39,41-42H,13,17,37,40H2/b26-25+. The molecule has 2 nitrogen and oxygen atoms in total. The fraction of sp³-hybridized carbons (Fsp3) is 0.0794. The van der Waals surface area contributed by atoms with Crippen LogP contribution in [0.3, 0.4) is 0 Å². The first-order valence-corrected chi connectivity index (χ1v) is 23.1. The SMILES string of the molecule is C(=C\c1ccc2c(ccc3cc(N4c5ccccc5Cc5ccccc54)ccc32)c1)/c1ccc2c(c1)C(c1ccccc1)(c1ccccc1)c1cc(N3CCCc4ccccc43)ccc1-2. The smallest absolute Gasteiger partial charge is 0.0714 e. The van der Waals surface area contributed by atoms with E-state index in [0.29, 0.717) is 0 Å². The summed E-state index contributed by atoms with van der Waals surface area (Å²) in [4.78, 5) is 4.97. The molecule has 0 spiro atoms. The van der Waals surface area contributed by atoms with E-state index in [0.717, 1.165) is 25.8 Å². The highest BCUT2D eigenvalue weighted by Crippen LogP contribution is 2.57. The number of rotatable bonds is 6. The molecule has 13 rings (SSSR count). The summed E-state index contributed by atoms with van der Waals surface area (Å²) in [6, 6.07) is 81.7. The number of nitrogens with zero attached hydrogens (tertiary/aromatic N) is 2. The Hall–Kier alpha value is -7.94. The van der Waals surface area contributed by atoms with Gasteiger partial charge in [-0.3, -0.25) is 0 Å². The molecule has 0 unspecified atom stereocenters. The maximum absolute atomic E-state index is 2.54. The molecule has 0 bridgehead atoms. The zero-order valence-electron chi connectivity index (χ0n) is 36.2. The van der Waals surface area contributed by atoms with Crippen molar-refractivity contribution in [2.75, 3.05) is 16.3 Å². The quantitative estimate of drug-likeness (QED) is 0.122. The molecular weight excluding hydrogens is 785 g/mol. The van der Waals surface area contributed by atoms with Gasteiger partial charge in [-0.15, -0.1) is 0 Å². The van der Waals surface area contributed by atoms with Gasteiger partial charge in [0.15, 0.2) is 0 Å². The first-order chi connectivity index (χ1) is 32.2. The van der Waals surface area contributed by atoms with Crippen LogP contribution in [0.15, 0.2) is 218 Å². The molecule has 308 valence electrons. The molecule has 2 heterocycles. The van der Waals surface area contributed by atoms with Gasteiger partial charge in [0.25, 0.3) is 0 Å². The van der Waals surface area contributed by atoms with Gasteiger partial charge < -0.3 is 9.80 Å². The fourth-order valence-electron chi connectivity index (χ4n) is 11.5.